The largest absolute Gasteiger partial charge is 0.484 e. The van der Waals surface area contributed by atoms with E-state index in [2.05, 4.69) is 11.2 Å². The fourth-order valence-corrected chi connectivity index (χ4v) is 1.81. The number of amides is 1. The second-order valence-corrected chi connectivity index (χ2v) is 4.49. The molecule has 0 unspecified atom stereocenters. The summed E-state index contributed by atoms with van der Waals surface area (Å²) in [5.74, 6) is 2.48. The summed E-state index contributed by atoms with van der Waals surface area (Å²) >= 11 is 0. The molecule has 1 amide bonds. The van der Waals surface area contributed by atoms with Gasteiger partial charge in [-0.2, -0.15) is 0 Å². The number of hydrogen-bond donors (Lipinski definition) is 1. The van der Waals surface area contributed by atoms with Crippen LogP contribution in [0.2, 0.25) is 0 Å². The van der Waals surface area contributed by atoms with Gasteiger partial charge in [0.25, 0.3) is 5.91 Å². The Labute approximate surface area is 129 Å². The molecule has 2 rings (SSSR count). The van der Waals surface area contributed by atoms with Gasteiger partial charge >= 0.3 is 0 Å². The molecule has 0 aromatic heterocycles. The van der Waals surface area contributed by atoms with Gasteiger partial charge in [-0.1, -0.05) is 36.3 Å². The first-order chi connectivity index (χ1) is 10.7. The number of ketones is 1. The van der Waals surface area contributed by atoms with Crippen LogP contribution in [-0.4, -0.2) is 24.8 Å². The summed E-state index contributed by atoms with van der Waals surface area (Å²) in [6.07, 6.45) is 5.04. The van der Waals surface area contributed by atoms with E-state index in [1.807, 2.05) is 18.2 Å². The van der Waals surface area contributed by atoms with Gasteiger partial charge in [0.2, 0.25) is 0 Å². The van der Waals surface area contributed by atoms with E-state index < -0.39 is 0 Å². The van der Waals surface area contributed by atoms with Crippen LogP contribution in [0.4, 0.5) is 0 Å². The van der Waals surface area contributed by atoms with Crippen LogP contribution in [-0.2, 0) is 4.79 Å². The lowest BCUT2D eigenvalue weighted by Gasteiger charge is -2.07. The zero-order chi connectivity index (χ0) is 15.8. The lowest BCUT2D eigenvalue weighted by atomic mass is 10.0. The predicted octanol–water partition coefficient (Wildman–Crippen LogP) is 2.05. The van der Waals surface area contributed by atoms with E-state index in [0.717, 1.165) is 0 Å². The van der Waals surface area contributed by atoms with Crippen LogP contribution in [0.15, 0.2) is 54.6 Å². The quantitative estimate of drug-likeness (QED) is 0.655. The average molecular weight is 293 g/mol. The van der Waals surface area contributed by atoms with Gasteiger partial charge in [0.05, 0.1) is 6.54 Å². The molecule has 0 atom stereocenters. The van der Waals surface area contributed by atoms with Crippen molar-refractivity contribution < 1.29 is 14.3 Å². The van der Waals surface area contributed by atoms with Crippen LogP contribution < -0.4 is 10.1 Å². The number of carbonyl (C=O) groups excluding carboxylic acids is 2. The summed E-state index contributed by atoms with van der Waals surface area (Å²) in [5.41, 5.74) is 1.19. The Morgan fingerprint density at radius 1 is 1.00 bits per heavy atom. The molecule has 0 spiro atoms. The molecular formula is C18H15NO3. The summed E-state index contributed by atoms with van der Waals surface area (Å²) in [5, 5.41) is 2.50. The SMILES string of the molecule is C#CCNC(=O)COc1ccc(C(=O)c2ccccc2)cc1. The minimum Gasteiger partial charge on any atom is -0.484 e. The third kappa shape index (κ3) is 4.22. The highest BCUT2D eigenvalue weighted by Gasteiger charge is 2.08. The summed E-state index contributed by atoms with van der Waals surface area (Å²) in [7, 11) is 0. The van der Waals surface area contributed by atoms with Crippen molar-refractivity contribution in [1.29, 1.82) is 0 Å². The van der Waals surface area contributed by atoms with E-state index in [4.69, 9.17) is 11.2 Å². The number of carbonyl (C=O) groups is 2. The molecule has 4 heteroatoms. The number of terminal acetylenes is 1. The molecule has 0 fully saturated rings. The highest BCUT2D eigenvalue weighted by Crippen LogP contribution is 2.15. The Balaban J connectivity index is 1.95. The monoisotopic (exact) mass is 293 g/mol. The Morgan fingerprint density at radius 2 is 1.64 bits per heavy atom. The van der Waals surface area contributed by atoms with Gasteiger partial charge in [0.15, 0.2) is 12.4 Å². The van der Waals surface area contributed by atoms with Crippen LogP contribution in [0.25, 0.3) is 0 Å². The fraction of sp³-hybridized carbons (Fsp3) is 0.111. The van der Waals surface area contributed by atoms with Gasteiger partial charge in [0.1, 0.15) is 5.75 Å². The summed E-state index contributed by atoms with van der Waals surface area (Å²) in [4.78, 5) is 23.6. The third-order valence-corrected chi connectivity index (χ3v) is 2.91. The van der Waals surface area contributed by atoms with E-state index in [0.29, 0.717) is 16.9 Å². The van der Waals surface area contributed by atoms with Gasteiger partial charge in [-0.15, -0.1) is 6.42 Å². The van der Waals surface area contributed by atoms with Gasteiger partial charge < -0.3 is 10.1 Å². The van der Waals surface area contributed by atoms with Crippen LogP contribution in [0.3, 0.4) is 0 Å². The maximum atomic E-state index is 12.2. The Bertz CT molecular complexity index is 685. The molecule has 2 aromatic rings. The Hall–Kier alpha value is -3.06. The maximum absolute atomic E-state index is 12.2. The molecule has 2 aromatic carbocycles. The first-order valence-corrected chi connectivity index (χ1v) is 6.73. The number of benzene rings is 2. The van der Waals surface area contributed by atoms with Gasteiger partial charge in [-0.25, -0.2) is 0 Å². The number of rotatable bonds is 6. The van der Waals surface area contributed by atoms with Crippen molar-refractivity contribution in [3.63, 3.8) is 0 Å². The molecule has 110 valence electrons. The lowest BCUT2D eigenvalue weighted by molar-refractivity contribution is -0.122. The van der Waals surface area contributed by atoms with Crippen molar-refractivity contribution in [2.75, 3.05) is 13.2 Å². The first kappa shape index (κ1) is 15.3. The second kappa shape index (κ2) is 7.65. The summed E-state index contributed by atoms with van der Waals surface area (Å²) < 4.78 is 5.31. The molecule has 0 radical (unpaired) electrons. The predicted molar refractivity (Wildman–Crippen MR) is 83.7 cm³/mol. The molecule has 0 saturated heterocycles. The average Bonchev–Trinajstić information content (AvgIpc) is 2.58. The van der Waals surface area contributed by atoms with Crippen LogP contribution in [0.5, 0.6) is 5.75 Å². The topological polar surface area (TPSA) is 55.4 Å². The van der Waals surface area contributed by atoms with Gasteiger partial charge in [-0.05, 0) is 24.3 Å². The molecule has 0 saturated carbocycles. The van der Waals surface area contributed by atoms with Crippen molar-refractivity contribution in [3.8, 4) is 18.1 Å². The standard InChI is InChI=1S/C18H15NO3/c1-2-12-19-17(20)13-22-16-10-8-15(9-11-16)18(21)14-6-4-3-5-7-14/h1,3-11H,12-13H2,(H,19,20). The van der Waals surface area contributed by atoms with Crippen LogP contribution in [0.1, 0.15) is 15.9 Å². The fourth-order valence-electron chi connectivity index (χ4n) is 1.81. The molecule has 0 aliphatic carbocycles. The lowest BCUT2D eigenvalue weighted by Crippen LogP contribution is -2.29. The molecule has 4 nitrogen and oxygen atoms in total. The van der Waals surface area contributed by atoms with Gasteiger partial charge in [-0.3, -0.25) is 9.59 Å². The van der Waals surface area contributed by atoms with E-state index >= 15 is 0 Å². The molecular weight excluding hydrogens is 278 g/mol. The highest BCUT2D eigenvalue weighted by molar-refractivity contribution is 6.08. The van der Waals surface area contributed by atoms with E-state index in [-0.39, 0.29) is 24.8 Å². The Morgan fingerprint density at radius 3 is 2.27 bits per heavy atom. The Kier molecular flexibility index (Phi) is 5.33. The molecule has 22 heavy (non-hydrogen) atoms. The molecule has 1 N–H and O–H groups in total. The molecule has 0 aliphatic rings. The van der Waals surface area contributed by atoms with Crippen LogP contribution >= 0.6 is 0 Å². The highest BCUT2D eigenvalue weighted by atomic mass is 16.5. The zero-order valence-corrected chi connectivity index (χ0v) is 11.9. The number of hydrogen-bond acceptors (Lipinski definition) is 3. The van der Waals surface area contributed by atoms with E-state index in [1.165, 1.54) is 0 Å². The summed E-state index contributed by atoms with van der Waals surface area (Å²) in [6.45, 7) is 0.0559. The maximum Gasteiger partial charge on any atom is 0.258 e. The van der Waals surface area contributed by atoms with Crippen molar-refractivity contribution in [2.24, 2.45) is 0 Å². The normalized spacial score (nSPS) is 9.59. The molecule has 0 heterocycles. The third-order valence-electron chi connectivity index (χ3n) is 2.91. The zero-order valence-electron chi connectivity index (χ0n) is 11.9. The smallest absolute Gasteiger partial charge is 0.258 e. The van der Waals surface area contributed by atoms with E-state index in [1.54, 1.807) is 36.4 Å². The minimum atomic E-state index is -0.289. The van der Waals surface area contributed by atoms with Crippen molar-refractivity contribution in [1.82, 2.24) is 5.32 Å². The van der Waals surface area contributed by atoms with Crippen molar-refractivity contribution >= 4 is 11.7 Å². The molecule has 0 aliphatic heterocycles. The number of nitrogens with one attached hydrogen (secondary N) is 1. The van der Waals surface area contributed by atoms with E-state index in [9.17, 15) is 9.59 Å². The van der Waals surface area contributed by atoms with Gasteiger partial charge in [0, 0.05) is 11.1 Å². The number of ether oxygens (including phenoxy) is 1. The van der Waals surface area contributed by atoms with Crippen LogP contribution in [0, 0.1) is 12.3 Å². The second-order valence-electron chi connectivity index (χ2n) is 4.49. The summed E-state index contributed by atoms with van der Waals surface area (Å²) in [6, 6.07) is 15.7. The molecule has 0 bridgehead atoms. The minimum absolute atomic E-state index is 0.0566. The van der Waals surface area contributed by atoms with Crippen molar-refractivity contribution in [3.05, 3.63) is 65.7 Å². The first-order valence-electron chi connectivity index (χ1n) is 6.73. The van der Waals surface area contributed by atoms with Crippen molar-refractivity contribution in [2.45, 2.75) is 0 Å².